The zero-order valence-corrected chi connectivity index (χ0v) is 10.7. The molecule has 0 bridgehead atoms. The number of hydrogen-bond donors (Lipinski definition) is 1. The van der Waals surface area contributed by atoms with E-state index in [-0.39, 0.29) is 16.7 Å². The molecule has 2 aliphatic rings. The normalized spacial score (nSPS) is 24.3. The number of aliphatic hydroxyl groups is 1. The molecule has 1 N–H and O–H groups in total. The Morgan fingerprint density at radius 3 is 2.79 bits per heavy atom. The van der Waals surface area contributed by atoms with E-state index in [1.807, 2.05) is 4.90 Å². The lowest BCUT2D eigenvalue weighted by atomic mass is 10.2. The fraction of sp³-hybridized carbons (Fsp3) is 0.750. The minimum Gasteiger partial charge on any atom is -0.393 e. The molecule has 1 aliphatic carbocycles. The maximum Gasteiger partial charge on any atom is 0.331 e. The van der Waals surface area contributed by atoms with Crippen molar-refractivity contribution in [2.24, 2.45) is 0 Å². The predicted octanol–water partition coefficient (Wildman–Crippen LogP) is 1.48. The first kappa shape index (κ1) is 12.4. The number of nitrogens with zero attached hydrogens (tertiary/aromatic N) is 4. The number of aliphatic hydroxyl groups excluding tert-OH is 1. The largest absolute Gasteiger partial charge is 0.393 e. The quantitative estimate of drug-likeness (QED) is 0.661. The van der Waals surface area contributed by atoms with Gasteiger partial charge in [0.25, 0.3) is 0 Å². The first-order chi connectivity index (χ1) is 9.16. The van der Waals surface area contributed by atoms with Gasteiger partial charge >= 0.3 is 5.69 Å². The van der Waals surface area contributed by atoms with E-state index in [9.17, 15) is 15.2 Å². The van der Waals surface area contributed by atoms with E-state index < -0.39 is 0 Å². The molecule has 19 heavy (non-hydrogen) atoms. The van der Waals surface area contributed by atoms with Crippen LogP contribution in [0.2, 0.25) is 0 Å². The molecule has 1 saturated heterocycles. The Labute approximate surface area is 111 Å². The summed E-state index contributed by atoms with van der Waals surface area (Å²) < 4.78 is 1.80. The molecule has 0 amide bonds. The Morgan fingerprint density at radius 2 is 2.11 bits per heavy atom. The molecule has 7 nitrogen and oxygen atoms in total. The van der Waals surface area contributed by atoms with Crippen molar-refractivity contribution in [2.45, 2.75) is 44.2 Å². The van der Waals surface area contributed by atoms with Crippen LogP contribution >= 0.6 is 0 Å². The second-order valence-corrected chi connectivity index (χ2v) is 5.36. The molecule has 104 valence electrons. The molecule has 0 radical (unpaired) electrons. The van der Waals surface area contributed by atoms with Gasteiger partial charge in [0.2, 0.25) is 5.82 Å². The summed E-state index contributed by atoms with van der Waals surface area (Å²) in [6.45, 7) is 1.40. The average Bonchev–Trinajstić information content (AvgIpc) is 3.15. The summed E-state index contributed by atoms with van der Waals surface area (Å²) >= 11 is 0. The molecule has 2 fully saturated rings. The molecule has 1 aromatic rings. The minimum atomic E-state index is -0.359. The molecule has 1 unspecified atom stereocenters. The van der Waals surface area contributed by atoms with Crippen molar-refractivity contribution < 1.29 is 10.0 Å². The van der Waals surface area contributed by atoms with Gasteiger partial charge in [0.15, 0.2) is 0 Å². The van der Waals surface area contributed by atoms with Gasteiger partial charge in [0.05, 0.1) is 17.1 Å². The number of hydrogen-bond acceptors (Lipinski definition) is 5. The van der Waals surface area contributed by atoms with Gasteiger partial charge in [-0.05, 0) is 32.1 Å². The van der Waals surface area contributed by atoms with Crippen LogP contribution in [0.15, 0.2) is 6.20 Å². The van der Waals surface area contributed by atoms with Gasteiger partial charge in [-0.3, -0.25) is 10.1 Å². The summed E-state index contributed by atoms with van der Waals surface area (Å²) in [5, 5.41) is 25.0. The van der Waals surface area contributed by atoms with Crippen LogP contribution in [0.1, 0.15) is 38.1 Å². The van der Waals surface area contributed by atoms with Crippen LogP contribution in [0, 0.1) is 10.1 Å². The predicted molar refractivity (Wildman–Crippen MR) is 69.2 cm³/mol. The van der Waals surface area contributed by atoms with Crippen LogP contribution in [0.5, 0.6) is 0 Å². The first-order valence-electron chi connectivity index (χ1n) is 6.81. The van der Waals surface area contributed by atoms with Crippen molar-refractivity contribution in [3.63, 3.8) is 0 Å². The van der Waals surface area contributed by atoms with Gasteiger partial charge in [-0.1, -0.05) is 0 Å². The standard InChI is InChI=1S/C12H18N4O3/c17-10-2-1-6-14(7-5-10)12-11(16(18)19)8-13-15(12)9-3-4-9/h8-10,17H,1-7H2. The molecule has 1 aliphatic heterocycles. The summed E-state index contributed by atoms with van der Waals surface area (Å²) in [4.78, 5) is 12.8. The van der Waals surface area contributed by atoms with Crippen molar-refractivity contribution in [1.82, 2.24) is 9.78 Å². The summed E-state index contributed by atoms with van der Waals surface area (Å²) in [5.74, 6) is 0.626. The third kappa shape index (κ3) is 2.42. The fourth-order valence-electron chi connectivity index (χ4n) is 2.66. The third-order valence-electron chi connectivity index (χ3n) is 3.84. The molecular weight excluding hydrogens is 248 g/mol. The number of anilines is 1. The molecule has 2 heterocycles. The highest BCUT2D eigenvalue weighted by Crippen LogP contribution is 2.41. The van der Waals surface area contributed by atoms with Crippen LogP contribution in [-0.2, 0) is 0 Å². The topological polar surface area (TPSA) is 84.4 Å². The third-order valence-corrected chi connectivity index (χ3v) is 3.84. The van der Waals surface area contributed by atoms with Gasteiger partial charge in [0, 0.05) is 13.1 Å². The second kappa shape index (κ2) is 4.80. The maximum atomic E-state index is 11.1. The second-order valence-electron chi connectivity index (χ2n) is 5.36. The first-order valence-corrected chi connectivity index (χ1v) is 6.81. The zero-order chi connectivity index (χ0) is 13.4. The van der Waals surface area contributed by atoms with E-state index in [0.717, 1.165) is 32.2 Å². The van der Waals surface area contributed by atoms with Crippen molar-refractivity contribution in [3.8, 4) is 0 Å². The highest BCUT2D eigenvalue weighted by atomic mass is 16.6. The van der Waals surface area contributed by atoms with Crippen LogP contribution < -0.4 is 4.90 Å². The summed E-state index contributed by atoms with van der Waals surface area (Å²) in [5.41, 5.74) is 0.0864. The van der Waals surface area contributed by atoms with Gasteiger partial charge in [0.1, 0.15) is 6.20 Å². The molecule has 1 saturated carbocycles. The average molecular weight is 266 g/mol. The van der Waals surface area contributed by atoms with Crippen molar-refractivity contribution in [3.05, 3.63) is 16.3 Å². The van der Waals surface area contributed by atoms with Crippen molar-refractivity contribution in [1.29, 1.82) is 0 Å². The molecule has 0 aromatic carbocycles. The van der Waals surface area contributed by atoms with Gasteiger partial charge in [-0.2, -0.15) is 5.10 Å². The fourth-order valence-corrected chi connectivity index (χ4v) is 2.66. The molecule has 0 spiro atoms. The summed E-state index contributed by atoms with van der Waals surface area (Å²) in [6.07, 6.45) is 5.43. The Kier molecular flexibility index (Phi) is 3.14. The van der Waals surface area contributed by atoms with Gasteiger partial charge in [-0.25, -0.2) is 4.68 Å². The number of aromatic nitrogens is 2. The SMILES string of the molecule is O=[N+]([O-])c1cnn(C2CC2)c1N1CCCC(O)CC1. The van der Waals surface area contributed by atoms with E-state index in [1.165, 1.54) is 6.20 Å². The van der Waals surface area contributed by atoms with E-state index >= 15 is 0 Å². The van der Waals surface area contributed by atoms with E-state index in [4.69, 9.17) is 0 Å². The Morgan fingerprint density at radius 1 is 1.32 bits per heavy atom. The maximum absolute atomic E-state index is 11.1. The number of rotatable bonds is 3. The van der Waals surface area contributed by atoms with Gasteiger partial charge < -0.3 is 10.0 Å². The smallest absolute Gasteiger partial charge is 0.331 e. The van der Waals surface area contributed by atoms with Crippen LogP contribution in [0.3, 0.4) is 0 Å². The van der Waals surface area contributed by atoms with E-state index in [0.29, 0.717) is 24.8 Å². The van der Waals surface area contributed by atoms with Crippen LogP contribution in [0.25, 0.3) is 0 Å². The van der Waals surface area contributed by atoms with Crippen molar-refractivity contribution in [2.75, 3.05) is 18.0 Å². The molecular formula is C12H18N4O3. The molecule has 1 aromatic heterocycles. The lowest BCUT2D eigenvalue weighted by Gasteiger charge is -2.22. The van der Waals surface area contributed by atoms with Crippen molar-refractivity contribution >= 4 is 11.5 Å². The van der Waals surface area contributed by atoms with Crippen LogP contribution in [-0.4, -0.2) is 39.0 Å². The lowest BCUT2D eigenvalue weighted by molar-refractivity contribution is -0.384. The van der Waals surface area contributed by atoms with E-state index in [2.05, 4.69) is 5.10 Å². The summed E-state index contributed by atoms with van der Waals surface area (Å²) in [6, 6.07) is 0.317. The number of nitro groups is 1. The molecule has 1 atom stereocenters. The van der Waals surface area contributed by atoms with Gasteiger partial charge in [-0.15, -0.1) is 0 Å². The monoisotopic (exact) mass is 266 g/mol. The minimum absolute atomic E-state index is 0.0864. The van der Waals surface area contributed by atoms with E-state index in [1.54, 1.807) is 4.68 Å². The zero-order valence-electron chi connectivity index (χ0n) is 10.7. The Hall–Kier alpha value is -1.63. The summed E-state index contributed by atoms with van der Waals surface area (Å²) in [7, 11) is 0. The lowest BCUT2D eigenvalue weighted by Crippen LogP contribution is -2.28. The Bertz CT molecular complexity index is 483. The molecule has 3 rings (SSSR count). The van der Waals surface area contributed by atoms with Crippen LogP contribution in [0.4, 0.5) is 11.5 Å². The molecule has 7 heteroatoms. The Balaban J connectivity index is 1.92. The highest BCUT2D eigenvalue weighted by Gasteiger charge is 2.34. The highest BCUT2D eigenvalue weighted by molar-refractivity contribution is 5.58.